The third-order valence-corrected chi connectivity index (χ3v) is 7.05. The monoisotopic (exact) mass is 348 g/mol. The van der Waals surface area contributed by atoms with Crippen LogP contribution in [0, 0.1) is 5.92 Å². The number of nitrogens with two attached hydrogens (primary N) is 1. The molecule has 2 bridgehead atoms. The minimum Gasteiger partial charge on any atom is -0.300 e. The molecule has 5 heteroatoms. The number of piperidine rings is 1. The maximum absolute atomic E-state index is 11.4. The van der Waals surface area contributed by atoms with Crippen LogP contribution in [0.5, 0.6) is 0 Å². The Labute approximate surface area is 145 Å². The standard InChI is InChI=1S/C19H28N2O2S/c20-24(22,23)14-16-3-1-4-17(11-16)19-8-2-5-18(12-19)21(10-9-19)13-15-6-7-15/h1,3-4,11,15,18H,2,5-10,12-14H2,(H2,20,22,23). The number of primary sulfonamides is 1. The molecule has 2 saturated carbocycles. The Bertz CT molecular complexity index is 714. The first-order valence-corrected chi connectivity index (χ1v) is 11.0. The van der Waals surface area contributed by atoms with Crippen LogP contribution in [0.4, 0.5) is 0 Å². The fraction of sp³-hybridized carbons (Fsp3) is 0.684. The van der Waals surface area contributed by atoms with Crippen LogP contribution in [-0.2, 0) is 21.2 Å². The molecule has 3 fully saturated rings. The van der Waals surface area contributed by atoms with Crippen molar-refractivity contribution < 1.29 is 8.42 Å². The van der Waals surface area contributed by atoms with E-state index < -0.39 is 10.0 Å². The zero-order valence-corrected chi connectivity index (χ0v) is 15.1. The number of rotatable bonds is 5. The van der Waals surface area contributed by atoms with Gasteiger partial charge >= 0.3 is 0 Å². The summed E-state index contributed by atoms with van der Waals surface area (Å²) < 4.78 is 22.8. The van der Waals surface area contributed by atoms with E-state index in [1.807, 2.05) is 12.1 Å². The molecule has 1 aliphatic heterocycles. The molecule has 0 spiro atoms. The number of benzene rings is 1. The Morgan fingerprint density at radius 1 is 1.21 bits per heavy atom. The van der Waals surface area contributed by atoms with E-state index in [1.165, 1.54) is 63.6 Å². The zero-order chi connectivity index (χ0) is 16.8. The number of sulfonamides is 1. The number of hydrogen-bond donors (Lipinski definition) is 1. The predicted octanol–water partition coefficient (Wildman–Crippen LogP) is 2.77. The van der Waals surface area contributed by atoms with Gasteiger partial charge in [-0.25, -0.2) is 13.6 Å². The van der Waals surface area contributed by atoms with Crippen LogP contribution >= 0.6 is 0 Å². The maximum atomic E-state index is 11.4. The fourth-order valence-electron chi connectivity index (χ4n) is 4.91. The lowest BCUT2D eigenvalue weighted by molar-refractivity contribution is 0.0482. The Hall–Kier alpha value is -0.910. The van der Waals surface area contributed by atoms with Gasteiger partial charge in [0.15, 0.2) is 0 Å². The molecule has 1 saturated heterocycles. The number of fused-ring (bicyclic) bond motifs is 2. The largest absolute Gasteiger partial charge is 0.300 e. The fourth-order valence-corrected chi connectivity index (χ4v) is 5.56. The summed E-state index contributed by atoms with van der Waals surface area (Å²) >= 11 is 0. The Morgan fingerprint density at radius 2 is 2.04 bits per heavy atom. The van der Waals surface area contributed by atoms with Gasteiger partial charge in [0.1, 0.15) is 0 Å². The SMILES string of the molecule is NS(=O)(=O)Cc1cccc(C23CCCC(C2)N(CC2CC2)CC3)c1. The predicted molar refractivity (Wildman–Crippen MR) is 96.1 cm³/mol. The topological polar surface area (TPSA) is 63.4 Å². The minimum atomic E-state index is -3.47. The molecule has 4 nitrogen and oxygen atoms in total. The van der Waals surface area contributed by atoms with Gasteiger partial charge in [0.25, 0.3) is 0 Å². The van der Waals surface area contributed by atoms with Gasteiger partial charge in [0, 0.05) is 12.6 Å². The lowest BCUT2D eigenvalue weighted by Gasteiger charge is -2.51. The minimum absolute atomic E-state index is 0.0614. The van der Waals surface area contributed by atoms with E-state index in [4.69, 9.17) is 5.14 Å². The van der Waals surface area contributed by atoms with Crippen LogP contribution in [0.25, 0.3) is 0 Å². The number of likely N-dealkylation sites (tertiary alicyclic amines) is 1. The lowest BCUT2D eigenvalue weighted by Crippen LogP contribution is -2.52. The molecule has 132 valence electrons. The molecule has 2 N–H and O–H groups in total. The highest BCUT2D eigenvalue weighted by Crippen LogP contribution is 2.48. The van der Waals surface area contributed by atoms with E-state index in [0.29, 0.717) is 0 Å². The summed E-state index contributed by atoms with van der Waals surface area (Å²) in [5, 5.41) is 5.23. The van der Waals surface area contributed by atoms with Gasteiger partial charge in [-0.15, -0.1) is 0 Å². The average molecular weight is 349 g/mol. The molecular weight excluding hydrogens is 320 g/mol. The summed E-state index contributed by atoms with van der Waals surface area (Å²) in [6.45, 7) is 2.49. The normalized spacial score (nSPS) is 31.1. The summed E-state index contributed by atoms with van der Waals surface area (Å²) in [4.78, 5) is 2.74. The molecule has 4 rings (SSSR count). The van der Waals surface area contributed by atoms with E-state index in [2.05, 4.69) is 17.0 Å². The number of nitrogens with zero attached hydrogens (tertiary/aromatic N) is 1. The summed E-state index contributed by atoms with van der Waals surface area (Å²) in [6.07, 6.45) is 9.12. The van der Waals surface area contributed by atoms with Gasteiger partial charge in [-0.05, 0) is 67.5 Å². The second kappa shape index (κ2) is 6.11. The van der Waals surface area contributed by atoms with Crippen molar-refractivity contribution in [2.75, 3.05) is 13.1 Å². The molecular formula is C19H28N2O2S. The quantitative estimate of drug-likeness (QED) is 0.890. The van der Waals surface area contributed by atoms with Gasteiger partial charge in [0.2, 0.25) is 10.0 Å². The Kier molecular flexibility index (Phi) is 4.22. The third kappa shape index (κ3) is 3.53. The summed E-state index contributed by atoms with van der Waals surface area (Å²) in [7, 11) is -3.47. The first kappa shape index (κ1) is 16.6. The molecule has 1 aromatic rings. The van der Waals surface area contributed by atoms with Crippen LogP contribution in [-0.4, -0.2) is 32.4 Å². The van der Waals surface area contributed by atoms with Crippen LogP contribution in [0.3, 0.4) is 0 Å². The van der Waals surface area contributed by atoms with Crippen molar-refractivity contribution in [3.8, 4) is 0 Å². The molecule has 2 unspecified atom stereocenters. The zero-order valence-electron chi connectivity index (χ0n) is 14.3. The van der Waals surface area contributed by atoms with Crippen molar-refractivity contribution >= 4 is 10.0 Å². The van der Waals surface area contributed by atoms with Crippen LogP contribution < -0.4 is 5.14 Å². The maximum Gasteiger partial charge on any atom is 0.213 e. The van der Waals surface area contributed by atoms with Gasteiger partial charge < -0.3 is 4.90 Å². The van der Waals surface area contributed by atoms with Crippen molar-refractivity contribution in [1.29, 1.82) is 0 Å². The van der Waals surface area contributed by atoms with Crippen LogP contribution in [0.15, 0.2) is 24.3 Å². The molecule has 0 aromatic heterocycles. The molecule has 24 heavy (non-hydrogen) atoms. The van der Waals surface area contributed by atoms with Crippen molar-refractivity contribution in [3.63, 3.8) is 0 Å². The van der Waals surface area contributed by atoms with Gasteiger partial charge in [0.05, 0.1) is 5.75 Å². The highest BCUT2D eigenvalue weighted by Gasteiger charge is 2.44. The first-order valence-electron chi connectivity index (χ1n) is 9.28. The summed E-state index contributed by atoms with van der Waals surface area (Å²) in [6, 6.07) is 8.90. The molecule has 3 aliphatic rings. The highest BCUT2D eigenvalue weighted by molar-refractivity contribution is 7.88. The van der Waals surface area contributed by atoms with E-state index >= 15 is 0 Å². The second-order valence-electron chi connectivity index (χ2n) is 8.23. The first-order chi connectivity index (χ1) is 11.4. The van der Waals surface area contributed by atoms with Gasteiger partial charge in [-0.3, -0.25) is 0 Å². The summed E-state index contributed by atoms with van der Waals surface area (Å²) in [5.41, 5.74) is 2.41. The van der Waals surface area contributed by atoms with E-state index in [9.17, 15) is 8.42 Å². The third-order valence-electron chi connectivity index (χ3n) is 6.31. The van der Waals surface area contributed by atoms with Crippen molar-refractivity contribution in [2.24, 2.45) is 11.1 Å². The van der Waals surface area contributed by atoms with Gasteiger partial charge in [-0.1, -0.05) is 30.7 Å². The molecule has 0 radical (unpaired) electrons. The Balaban J connectivity index is 1.55. The van der Waals surface area contributed by atoms with E-state index in [-0.39, 0.29) is 11.2 Å². The molecule has 1 aromatic carbocycles. The van der Waals surface area contributed by atoms with Crippen LogP contribution in [0.1, 0.15) is 56.1 Å². The molecule has 2 aliphatic carbocycles. The van der Waals surface area contributed by atoms with Crippen LogP contribution in [0.2, 0.25) is 0 Å². The molecule has 0 amide bonds. The smallest absolute Gasteiger partial charge is 0.213 e. The van der Waals surface area contributed by atoms with E-state index in [0.717, 1.165) is 17.5 Å². The number of hydrogen-bond acceptors (Lipinski definition) is 3. The lowest BCUT2D eigenvalue weighted by atomic mass is 9.63. The van der Waals surface area contributed by atoms with Crippen molar-refractivity contribution in [2.45, 2.75) is 62.2 Å². The van der Waals surface area contributed by atoms with E-state index in [1.54, 1.807) is 0 Å². The molecule has 2 atom stereocenters. The highest BCUT2D eigenvalue weighted by atomic mass is 32.2. The van der Waals surface area contributed by atoms with Crippen molar-refractivity contribution in [1.82, 2.24) is 4.90 Å². The summed E-state index contributed by atoms with van der Waals surface area (Å²) in [5.74, 6) is 0.895. The Morgan fingerprint density at radius 3 is 2.79 bits per heavy atom. The second-order valence-corrected chi connectivity index (χ2v) is 9.84. The van der Waals surface area contributed by atoms with Gasteiger partial charge in [-0.2, -0.15) is 0 Å². The van der Waals surface area contributed by atoms with Crippen molar-refractivity contribution in [3.05, 3.63) is 35.4 Å². The molecule has 1 heterocycles. The average Bonchev–Trinajstić information content (AvgIpc) is 3.33.